The van der Waals surface area contributed by atoms with Gasteiger partial charge in [-0.2, -0.15) is 0 Å². The van der Waals surface area contributed by atoms with Crippen molar-refractivity contribution >= 4 is 27.5 Å². The van der Waals surface area contributed by atoms with Crippen molar-refractivity contribution in [3.05, 3.63) is 76.0 Å². The van der Waals surface area contributed by atoms with E-state index in [-0.39, 0.29) is 12.7 Å². The number of hydrogen-bond acceptors (Lipinski definition) is 3. The molecule has 5 nitrogen and oxygen atoms in total. The number of nitrogens with zero attached hydrogens (tertiary/aromatic N) is 2. The number of fused-ring (bicyclic) bond motifs is 3. The number of aromatic nitrogens is 1. The Morgan fingerprint density at radius 1 is 1.00 bits per heavy atom. The molecule has 0 atom stereocenters. The molecular weight excluding hydrogens is 396 g/mol. The van der Waals surface area contributed by atoms with Gasteiger partial charge in [0.2, 0.25) is 6.79 Å². The highest BCUT2D eigenvalue weighted by molar-refractivity contribution is 9.10. The maximum Gasteiger partial charge on any atom is 0.259 e. The Bertz CT molecular complexity index is 1030. The van der Waals surface area contributed by atoms with E-state index in [1.165, 1.54) is 0 Å². The minimum atomic E-state index is -0.0720. The summed E-state index contributed by atoms with van der Waals surface area (Å²) in [5.74, 6) is 1.18. The average molecular weight is 411 g/mol. The summed E-state index contributed by atoms with van der Waals surface area (Å²) in [6.07, 6.45) is 2.05. The third-order valence-electron chi connectivity index (χ3n) is 4.80. The molecule has 0 fully saturated rings. The van der Waals surface area contributed by atoms with Crippen LogP contribution in [0, 0.1) is 0 Å². The molecule has 26 heavy (non-hydrogen) atoms. The summed E-state index contributed by atoms with van der Waals surface area (Å²) in [5, 5.41) is 0. The number of benzene rings is 2. The molecule has 1 amide bonds. The average Bonchev–Trinajstić information content (AvgIpc) is 3.25. The summed E-state index contributed by atoms with van der Waals surface area (Å²) in [4.78, 5) is 15.3. The van der Waals surface area contributed by atoms with Crippen molar-refractivity contribution in [1.29, 1.82) is 0 Å². The van der Waals surface area contributed by atoms with Crippen LogP contribution < -0.4 is 14.4 Å². The Kier molecular flexibility index (Phi) is 3.53. The minimum Gasteiger partial charge on any atom is -0.454 e. The maximum atomic E-state index is 13.5. The zero-order valence-electron chi connectivity index (χ0n) is 13.8. The number of para-hydroxylation sites is 1. The first-order valence-corrected chi connectivity index (χ1v) is 9.13. The molecule has 0 bridgehead atoms. The smallest absolute Gasteiger partial charge is 0.259 e. The molecule has 0 N–H and O–H groups in total. The highest BCUT2D eigenvalue weighted by Gasteiger charge is 2.28. The van der Waals surface area contributed by atoms with Crippen LogP contribution >= 0.6 is 15.9 Å². The van der Waals surface area contributed by atoms with E-state index in [9.17, 15) is 4.79 Å². The highest BCUT2D eigenvalue weighted by atomic mass is 79.9. The Hall–Kier alpha value is -2.73. The van der Waals surface area contributed by atoms with Gasteiger partial charge in [-0.25, -0.2) is 0 Å². The summed E-state index contributed by atoms with van der Waals surface area (Å²) < 4.78 is 13.7. The van der Waals surface area contributed by atoms with Gasteiger partial charge in [0.05, 0.1) is 12.1 Å². The van der Waals surface area contributed by atoms with Crippen LogP contribution in [0.2, 0.25) is 0 Å². The molecule has 2 aliphatic rings. The van der Waals surface area contributed by atoms with Crippen molar-refractivity contribution in [1.82, 2.24) is 4.57 Å². The third-order valence-corrected chi connectivity index (χ3v) is 5.46. The minimum absolute atomic E-state index is 0.0720. The molecule has 0 unspecified atom stereocenters. The van der Waals surface area contributed by atoms with Crippen LogP contribution in [0.15, 0.2) is 59.2 Å². The standard InChI is InChI=1S/C20H15BrN2O3/c21-16-9-19-18(25-12-26-19)8-15(16)20(24)23-11-14-5-3-7-22(14)10-13-4-1-2-6-17(13)23/h1-9H,10-12H2. The molecule has 0 saturated heterocycles. The van der Waals surface area contributed by atoms with Crippen LogP contribution in [0.5, 0.6) is 11.5 Å². The molecule has 3 heterocycles. The number of amides is 1. The molecule has 6 heteroatoms. The van der Waals surface area contributed by atoms with E-state index in [0.29, 0.717) is 28.1 Å². The molecule has 0 saturated carbocycles. The van der Waals surface area contributed by atoms with Gasteiger partial charge in [-0.3, -0.25) is 4.79 Å². The summed E-state index contributed by atoms with van der Waals surface area (Å²) in [6.45, 7) is 1.45. The number of halogens is 1. The third kappa shape index (κ3) is 2.41. The van der Waals surface area contributed by atoms with Gasteiger partial charge >= 0.3 is 0 Å². The van der Waals surface area contributed by atoms with Gasteiger partial charge in [-0.05, 0) is 51.8 Å². The second kappa shape index (κ2) is 5.92. The highest BCUT2D eigenvalue weighted by Crippen LogP contribution is 2.38. The number of anilines is 1. The number of rotatable bonds is 1. The quantitative estimate of drug-likeness (QED) is 0.603. The lowest BCUT2D eigenvalue weighted by molar-refractivity contribution is 0.0983. The topological polar surface area (TPSA) is 43.7 Å². The van der Waals surface area contributed by atoms with Crippen LogP contribution in [0.4, 0.5) is 5.69 Å². The lowest BCUT2D eigenvalue weighted by atomic mass is 10.1. The SMILES string of the molecule is O=C(c1cc2c(cc1Br)OCO2)N1Cc2cccn2Cc2ccccc21. The fraction of sp³-hybridized carbons (Fsp3) is 0.150. The van der Waals surface area contributed by atoms with E-state index in [1.807, 2.05) is 29.2 Å². The van der Waals surface area contributed by atoms with Crippen molar-refractivity contribution in [2.24, 2.45) is 0 Å². The monoisotopic (exact) mass is 410 g/mol. The number of hydrogen-bond donors (Lipinski definition) is 0. The molecule has 0 spiro atoms. The van der Waals surface area contributed by atoms with Crippen LogP contribution in [0.1, 0.15) is 21.6 Å². The predicted octanol–water partition coefficient (Wildman–Crippen LogP) is 4.19. The Labute approximate surface area is 158 Å². The molecule has 2 aliphatic heterocycles. The van der Waals surface area contributed by atoms with E-state index >= 15 is 0 Å². The summed E-state index contributed by atoms with van der Waals surface area (Å²) in [5.41, 5.74) is 3.72. The molecule has 2 aromatic carbocycles. The zero-order valence-corrected chi connectivity index (χ0v) is 15.4. The van der Waals surface area contributed by atoms with Gasteiger partial charge in [-0.15, -0.1) is 0 Å². The maximum absolute atomic E-state index is 13.5. The normalized spacial score (nSPS) is 14.6. The Balaban J connectivity index is 1.62. The second-order valence-electron chi connectivity index (χ2n) is 6.33. The van der Waals surface area contributed by atoms with Crippen LogP contribution in [0.25, 0.3) is 0 Å². The number of carbonyl (C=O) groups excluding carboxylic acids is 1. The van der Waals surface area contributed by atoms with Crippen LogP contribution in [-0.4, -0.2) is 17.3 Å². The van der Waals surface area contributed by atoms with Gasteiger partial charge < -0.3 is 18.9 Å². The van der Waals surface area contributed by atoms with Crippen LogP contribution in [-0.2, 0) is 13.1 Å². The first-order valence-electron chi connectivity index (χ1n) is 8.33. The van der Waals surface area contributed by atoms with Crippen molar-refractivity contribution < 1.29 is 14.3 Å². The molecule has 3 aromatic rings. The van der Waals surface area contributed by atoms with E-state index in [1.54, 1.807) is 12.1 Å². The van der Waals surface area contributed by atoms with Gasteiger partial charge in [0.25, 0.3) is 5.91 Å². The van der Waals surface area contributed by atoms with Crippen molar-refractivity contribution in [2.45, 2.75) is 13.1 Å². The van der Waals surface area contributed by atoms with Crippen molar-refractivity contribution in [3.63, 3.8) is 0 Å². The van der Waals surface area contributed by atoms with Crippen molar-refractivity contribution in [2.75, 3.05) is 11.7 Å². The van der Waals surface area contributed by atoms with Crippen molar-refractivity contribution in [3.8, 4) is 11.5 Å². The Morgan fingerprint density at radius 3 is 2.69 bits per heavy atom. The molecular formula is C20H15BrN2O3. The van der Waals surface area contributed by atoms with E-state index in [2.05, 4.69) is 38.8 Å². The lowest BCUT2D eigenvalue weighted by Gasteiger charge is -2.23. The molecule has 130 valence electrons. The number of ether oxygens (including phenoxy) is 2. The van der Waals surface area contributed by atoms with E-state index in [0.717, 1.165) is 23.5 Å². The lowest BCUT2D eigenvalue weighted by Crippen LogP contribution is -2.30. The molecule has 0 aliphatic carbocycles. The van der Waals surface area contributed by atoms with Crippen LogP contribution in [0.3, 0.4) is 0 Å². The molecule has 0 radical (unpaired) electrons. The largest absolute Gasteiger partial charge is 0.454 e. The second-order valence-corrected chi connectivity index (χ2v) is 7.19. The zero-order chi connectivity index (χ0) is 17.7. The predicted molar refractivity (Wildman–Crippen MR) is 101 cm³/mol. The first kappa shape index (κ1) is 15.5. The summed E-state index contributed by atoms with van der Waals surface area (Å²) in [6, 6.07) is 15.7. The van der Waals surface area contributed by atoms with E-state index in [4.69, 9.17) is 9.47 Å². The van der Waals surface area contributed by atoms with Gasteiger partial charge in [0, 0.05) is 28.6 Å². The fourth-order valence-electron chi connectivity index (χ4n) is 3.49. The van der Waals surface area contributed by atoms with Gasteiger partial charge in [0.1, 0.15) is 0 Å². The Morgan fingerprint density at radius 2 is 1.81 bits per heavy atom. The summed E-state index contributed by atoms with van der Waals surface area (Å²) in [7, 11) is 0. The number of carbonyl (C=O) groups is 1. The molecule has 5 rings (SSSR count). The van der Waals surface area contributed by atoms with Gasteiger partial charge in [0.15, 0.2) is 11.5 Å². The van der Waals surface area contributed by atoms with Gasteiger partial charge in [-0.1, -0.05) is 18.2 Å². The molecule has 1 aromatic heterocycles. The fourth-order valence-corrected chi connectivity index (χ4v) is 3.99. The summed E-state index contributed by atoms with van der Waals surface area (Å²) >= 11 is 3.51. The first-order chi connectivity index (χ1) is 12.7. The van der Waals surface area contributed by atoms with E-state index < -0.39 is 0 Å².